The zero-order valence-corrected chi connectivity index (χ0v) is 21.2. The molecule has 0 bridgehead atoms. The molecule has 0 radical (unpaired) electrons. The van der Waals surface area contributed by atoms with Crippen LogP contribution < -0.4 is 0 Å². The molecule has 4 aliphatic carbocycles. The van der Waals surface area contributed by atoms with E-state index in [1.165, 1.54) is 0 Å². The molecular weight excluding hydrogens is 484 g/mol. The monoisotopic (exact) mass is 522 g/mol. The molecule has 0 aromatic carbocycles. The SMILES string of the molecule is C[C@]12C=CC(=O)C=C1CC[C@@H]1[C@@H]2C(O)C[C@@]2(C)[C@H]1CC[C@]2(O)C(=O)COC1O[C@H](CO)[C@H](O)[C@H](O)[C@H]1O. The molecule has 10 heteroatoms. The number of ether oxygens (including phenoxy) is 2. The maximum atomic E-state index is 13.5. The molecule has 1 aliphatic heterocycles. The van der Waals surface area contributed by atoms with Crippen LogP contribution in [0.4, 0.5) is 0 Å². The molecule has 6 N–H and O–H groups in total. The molecule has 1 saturated heterocycles. The highest BCUT2D eigenvalue weighted by atomic mass is 16.7. The summed E-state index contributed by atoms with van der Waals surface area (Å²) in [5.41, 5.74) is -2.10. The zero-order chi connectivity index (χ0) is 26.9. The molecule has 2 unspecified atom stereocenters. The van der Waals surface area contributed by atoms with Crippen molar-refractivity contribution in [2.24, 2.45) is 28.6 Å². The minimum absolute atomic E-state index is 0.0217. The van der Waals surface area contributed by atoms with Gasteiger partial charge in [0.15, 0.2) is 17.9 Å². The Morgan fingerprint density at radius 2 is 1.86 bits per heavy atom. The van der Waals surface area contributed by atoms with Crippen molar-refractivity contribution in [1.29, 1.82) is 0 Å². The molecule has 206 valence electrons. The number of carbonyl (C=O) groups is 2. The number of aliphatic hydroxyl groups is 6. The third-order valence-corrected chi connectivity index (χ3v) is 10.3. The second kappa shape index (κ2) is 9.31. The number of hydrogen-bond acceptors (Lipinski definition) is 10. The van der Waals surface area contributed by atoms with Crippen LogP contribution in [-0.4, -0.2) is 97.8 Å². The van der Waals surface area contributed by atoms with Gasteiger partial charge in [-0.25, -0.2) is 0 Å². The third-order valence-electron chi connectivity index (χ3n) is 10.3. The van der Waals surface area contributed by atoms with Gasteiger partial charge in [0.1, 0.15) is 36.6 Å². The summed E-state index contributed by atoms with van der Waals surface area (Å²) in [4.78, 5) is 25.4. The number of fused-ring (bicyclic) bond motifs is 5. The molecule has 5 aliphatic rings. The minimum Gasteiger partial charge on any atom is -0.394 e. The van der Waals surface area contributed by atoms with Gasteiger partial charge < -0.3 is 40.1 Å². The Labute approximate surface area is 215 Å². The fourth-order valence-corrected chi connectivity index (χ4v) is 8.27. The molecule has 0 aromatic heterocycles. The van der Waals surface area contributed by atoms with Gasteiger partial charge in [0.25, 0.3) is 0 Å². The van der Waals surface area contributed by atoms with Gasteiger partial charge in [0, 0.05) is 16.7 Å². The first-order valence-electron chi connectivity index (χ1n) is 13.2. The van der Waals surface area contributed by atoms with Crippen LogP contribution in [0.3, 0.4) is 0 Å². The van der Waals surface area contributed by atoms with Crippen LogP contribution in [0.25, 0.3) is 0 Å². The van der Waals surface area contributed by atoms with Gasteiger partial charge in [-0.1, -0.05) is 25.5 Å². The van der Waals surface area contributed by atoms with Gasteiger partial charge in [-0.2, -0.15) is 0 Å². The van der Waals surface area contributed by atoms with Crippen molar-refractivity contribution in [3.05, 3.63) is 23.8 Å². The Bertz CT molecular complexity index is 1010. The average molecular weight is 523 g/mol. The summed E-state index contributed by atoms with van der Waals surface area (Å²) in [6.07, 6.45) is -0.603. The molecule has 0 amide bonds. The summed E-state index contributed by atoms with van der Waals surface area (Å²) >= 11 is 0. The van der Waals surface area contributed by atoms with E-state index in [1.807, 2.05) is 13.0 Å². The van der Waals surface area contributed by atoms with Crippen molar-refractivity contribution in [3.63, 3.8) is 0 Å². The predicted molar refractivity (Wildman–Crippen MR) is 128 cm³/mol. The number of carbonyl (C=O) groups excluding carboxylic acids is 2. The first kappa shape index (κ1) is 27.1. The van der Waals surface area contributed by atoms with E-state index < -0.39 is 72.2 Å². The largest absolute Gasteiger partial charge is 0.394 e. The van der Waals surface area contributed by atoms with Gasteiger partial charge >= 0.3 is 0 Å². The first-order chi connectivity index (χ1) is 17.4. The minimum atomic E-state index is -1.77. The lowest BCUT2D eigenvalue weighted by Gasteiger charge is -2.59. The Balaban J connectivity index is 1.34. The van der Waals surface area contributed by atoms with Gasteiger partial charge in [-0.3, -0.25) is 9.59 Å². The zero-order valence-electron chi connectivity index (χ0n) is 21.2. The molecule has 1 heterocycles. The standard InChI is InChI=1S/C27H38O10/c1-25-7-5-14(29)9-13(25)3-4-15-16-6-8-27(35,26(16,2)10-17(30)20(15)25)19(31)12-36-24-23(34)22(33)21(32)18(11-28)37-24/h5,7,9,15-18,20-24,28,30,32-35H,3-4,6,8,10-12H2,1-2H3/t15-,16-,17?,18+,20+,21-,22-,23+,24?,25-,26-,27-/m0/s1. The molecule has 3 saturated carbocycles. The molecule has 5 rings (SSSR count). The van der Waals surface area contributed by atoms with Crippen molar-refractivity contribution in [2.45, 2.75) is 88.4 Å². The van der Waals surface area contributed by atoms with Crippen molar-refractivity contribution < 1.29 is 49.7 Å². The van der Waals surface area contributed by atoms with E-state index in [2.05, 4.69) is 6.92 Å². The lowest BCUT2D eigenvalue weighted by atomic mass is 9.46. The van der Waals surface area contributed by atoms with Crippen molar-refractivity contribution in [1.82, 2.24) is 0 Å². The Morgan fingerprint density at radius 3 is 2.57 bits per heavy atom. The van der Waals surface area contributed by atoms with Gasteiger partial charge in [0.2, 0.25) is 0 Å². The fourth-order valence-electron chi connectivity index (χ4n) is 8.27. The second-order valence-electron chi connectivity index (χ2n) is 12.0. The Hall–Kier alpha value is -1.50. The molecule has 12 atom stereocenters. The van der Waals surface area contributed by atoms with E-state index in [1.54, 1.807) is 12.2 Å². The predicted octanol–water partition coefficient (Wildman–Crippen LogP) is -0.618. The van der Waals surface area contributed by atoms with Crippen LogP contribution in [0.1, 0.15) is 46.0 Å². The van der Waals surface area contributed by atoms with Crippen molar-refractivity contribution in [3.8, 4) is 0 Å². The third kappa shape index (κ3) is 3.91. The maximum Gasteiger partial charge on any atom is 0.190 e. The number of ketones is 2. The van der Waals surface area contributed by atoms with E-state index in [0.717, 1.165) is 18.4 Å². The lowest BCUT2D eigenvalue weighted by Crippen LogP contribution is -2.62. The van der Waals surface area contributed by atoms with Crippen LogP contribution in [-0.2, 0) is 19.1 Å². The van der Waals surface area contributed by atoms with Crippen LogP contribution >= 0.6 is 0 Å². The number of Topliss-reactive ketones (excluding diaryl/α,β-unsaturated/α-hetero) is 1. The van der Waals surface area contributed by atoms with Crippen molar-refractivity contribution in [2.75, 3.05) is 13.2 Å². The summed E-state index contributed by atoms with van der Waals surface area (Å²) < 4.78 is 10.8. The summed E-state index contributed by atoms with van der Waals surface area (Å²) in [5.74, 6) is -0.738. The maximum absolute atomic E-state index is 13.5. The van der Waals surface area contributed by atoms with E-state index in [4.69, 9.17) is 9.47 Å². The number of allylic oxidation sites excluding steroid dienone is 4. The van der Waals surface area contributed by atoms with E-state index >= 15 is 0 Å². The first-order valence-corrected chi connectivity index (χ1v) is 13.2. The molecule has 4 fully saturated rings. The van der Waals surface area contributed by atoms with Gasteiger partial charge in [-0.15, -0.1) is 0 Å². The number of hydrogen-bond donors (Lipinski definition) is 6. The van der Waals surface area contributed by atoms with Crippen LogP contribution in [0.5, 0.6) is 0 Å². The second-order valence-corrected chi connectivity index (χ2v) is 12.0. The molecule has 10 nitrogen and oxygen atoms in total. The Morgan fingerprint density at radius 1 is 1.14 bits per heavy atom. The fraction of sp³-hybridized carbons (Fsp3) is 0.778. The highest BCUT2D eigenvalue weighted by Gasteiger charge is 2.68. The average Bonchev–Trinajstić information content (AvgIpc) is 3.13. The smallest absolute Gasteiger partial charge is 0.190 e. The van der Waals surface area contributed by atoms with Gasteiger partial charge in [0.05, 0.1) is 12.7 Å². The number of rotatable bonds is 5. The molecule has 0 aromatic rings. The summed E-state index contributed by atoms with van der Waals surface area (Å²) in [6, 6.07) is 0. The number of aliphatic hydroxyl groups excluding tert-OH is 5. The van der Waals surface area contributed by atoms with Crippen molar-refractivity contribution >= 4 is 11.6 Å². The van der Waals surface area contributed by atoms with Crippen LogP contribution in [0.2, 0.25) is 0 Å². The summed E-state index contributed by atoms with van der Waals surface area (Å²) in [6.45, 7) is 2.68. The van der Waals surface area contributed by atoms with E-state index in [0.29, 0.717) is 6.42 Å². The quantitative estimate of drug-likeness (QED) is 0.273. The normalized spacial score (nSPS) is 51.2. The summed E-state index contributed by atoms with van der Waals surface area (Å²) in [5, 5.41) is 62.8. The highest BCUT2D eigenvalue weighted by Crippen LogP contribution is 2.67. The van der Waals surface area contributed by atoms with Crippen LogP contribution in [0, 0.1) is 28.6 Å². The topological polar surface area (TPSA) is 174 Å². The lowest BCUT2D eigenvalue weighted by molar-refractivity contribution is -0.300. The van der Waals surface area contributed by atoms with E-state index in [-0.39, 0.29) is 36.4 Å². The molecule has 0 spiro atoms. The van der Waals surface area contributed by atoms with E-state index in [9.17, 15) is 40.2 Å². The molecule has 37 heavy (non-hydrogen) atoms. The van der Waals surface area contributed by atoms with Gasteiger partial charge in [-0.05, 0) is 56.1 Å². The highest BCUT2D eigenvalue weighted by molar-refractivity contribution is 6.01. The Kier molecular flexibility index (Phi) is 6.81. The molecular formula is C27H38O10. The van der Waals surface area contributed by atoms with Crippen LogP contribution in [0.15, 0.2) is 23.8 Å². The summed E-state index contributed by atoms with van der Waals surface area (Å²) in [7, 11) is 0.